The molecule has 0 aromatic heterocycles. The Balaban J connectivity index is 2.00. The van der Waals surface area contributed by atoms with E-state index in [9.17, 15) is 9.59 Å². The number of aliphatic carboxylic acids is 1. The summed E-state index contributed by atoms with van der Waals surface area (Å²) in [6.45, 7) is 1.13. The maximum Gasteiger partial charge on any atom is 0.328 e. The van der Waals surface area contributed by atoms with Crippen molar-refractivity contribution >= 4 is 18.0 Å². The van der Waals surface area contributed by atoms with Crippen LogP contribution in [0.1, 0.15) is 24.0 Å². The third kappa shape index (κ3) is 4.43. The van der Waals surface area contributed by atoms with Crippen molar-refractivity contribution in [3.8, 4) is 0 Å². The summed E-state index contributed by atoms with van der Waals surface area (Å²) in [6, 6.07) is 7.46. The number of amides is 1. The van der Waals surface area contributed by atoms with Gasteiger partial charge in [0.25, 0.3) is 5.91 Å². The van der Waals surface area contributed by atoms with Crippen molar-refractivity contribution in [2.45, 2.75) is 25.5 Å². The zero-order valence-corrected chi connectivity index (χ0v) is 12.0. The largest absolute Gasteiger partial charge is 0.478 e. The van der Waals surface area contributed by atoms with Crippen molar-refractivity contribution in [3.05, 3.63) is 41.5 Å². The van der Waals surface area contributed by atoms with Gasteiger partial charge in [0, 0.05) is 26.3 Å². The second kappa shape index (κ2) is 7.04. The van der Waals surface area contributed by atoms with Crippen molar-refractivity contribution in [1.29, 1.82) is 0 Å². The summed E-state index contributed by atoms with van der Waals surface area (Å²) in [5.41, 5.74) is 1.75. The minimum atomic E-state index is -0.980. The quantitative estimate of drug-likeness (QED) is 0.841. The molecule has 1 aromatic carbocycles. The lowest BCUT2D eigenvalue weighted by Crippen LogP contribution is -2.35. The second-order valence-electron chi connectivity index (χ2n) is 5.11. The van der Waals surface area contributed by atoms with E-state index in [4.69, 9.17) is 9.84 Å². The van der Waals surface area contributed by atoms with Crippen LogP contribution < -0.4 is 0 Å². The molecule has 1 amide bonds. The van der Waals surface area contributed by atoms with E-state index in [2.05, 4.69) is 0 Å². The number of ether oxygens (including phenoxy) is 1. The molecule has 1 fully saturated rings. The molecule has 1 unspecified atom stereocenters. The molecule has 5 nitrogen and oxygen atoms in total. The molecule has 1 aromatic rings. The molecule has 1 aliphatic rings. The van der Waals surface area contributed by atoms with E-state index in [1.54, 1.807) is 11.9 Å². The molecule has 21 heavy (non-hydrogen) atoms. The van der Waals surface area contributed by atoms with Crippen LogP contribution in [0.4, 0.5) is 0 Å². The van der Waals surface area contributed by atoms with Gasteiger partial charge in [-0.15, -0.1) is 0 Å². The summed E-state index contributed by atoms with van der Waals surface area (Å²) in [5.74, 6) is -0.981. The molecule has 1 atom stereocenters. The predicted octanol–water partition coefficient (Wildman–Crippen LogP) is 1.92. The van der Waals surface area contributed by atoms with Gasteiger partial charge in [0.2, 0.25) is 0 Å². The number of rotatable bonds is 5. The average Bonchev–Trinajstić information content (AvgIpc) is 2.98. The van der Waals surface area contributed by atoms with Gasteiger partial charge in [-0.2, -0.15) is 0 Å². The minimum Gasteiger partial charge on any atom is -0.478 e. The topological polar surface area (TPSA) is 66.8 Å². The van der Waals surface area contributed by atoms with Crippen LogP contribution in [0.2, 0.25) is 0 Å². The van der Waals surface area contributed by atoms with E-state index in [-0.39, 0.29) is 12.0 Å². The fourth-order valence-electron chi connectivity index (χ4n) is 2.33. The maximum atomic E-state index is 12.2. The first-order valence-corrected chi connectivity index (χ1v) is 6.93. The number of hydrogen-bond acceptors (Lipinski definition) is 3. The Hall–Kier alpha value is -2.14. The van der Waals surface area contributed by atoms with E-state index in [1.165, 1.54) is 6.08 Å². The highest BCUT2D eigenvalue weighted by Crippen LogP contribution is 2.16. The Labute approximate surface area is 123 Å². The summed E-state index contributed by atoms with van der Waals surface area (Å²) < 4.78 is 5.39. The van der Waals surface area contributed by atoms with Crippen LogP contribution in [0.15, 0.2) is 30.3 Å². The number of carbonyl (C=O) groups is 2. The molecule has 0 aliphatic carbocycles. The Morgan fingerprint density at radius 3 is 2.95 bits per heavy atom. The second-order valence-corrected chi connectivity index (χ2v) is 5.11. The molecule has 0 saturated carbocycles. The van der Waals surface area contributed by atoms with E-state index < -0.39 is 5.97 Å². The normalized spacial score (nSPS) is 18.0. The number of carbonyl (C=O) groups excluding carboxylic acids is 1. The van der Waals surface area contributed by atoms with Crippen LogP contribution >= 0.6 is 0 Å². The fourth-order valence-corrected chi connectivity index (χ4v) is 2.33. The Kier molecular flexibility index (Phi) is 5.11. The fraction of sp³-hybridized carbons (Fsp3) is 0.375. The molecule has 0 spiro atoms. The third-order valence-corrected chi connectivity index (χ3v) is 3.37. The van der Waals surface area contributed by atoms with E-state index in [0.29, 0.717) is 13.2 Å². The highest BCUT2D eigenvalue weighted by molar-refractivity contribution is 5.85. The summed E-state index contributed by atoms with van der Waals surface area (Å²) in [4.78, 5) is 24.3. The van der Waals surface area contributed by atoms with Crippen LogP contribution in [-0.2, 0) is 20.9 Å². The van der Waals surface area contributed by atoms with Gasteiger partial charge in [0.1, 0.15) is 6.10 Å². The average molecular weight is 289 g/mol. The smallest absolute Gasteiger partial charge is 0.328 e. The van der Waals surface area contributed by atoms with Crippen LogP contribution in [-0.4, -0.2) is 41.6 Å². The maximum absolute atomic E-state index is 12.2. The van der Waals surface area contributed by atoms with Crippen molar-refractivity contribution in [1.82, 2.24) is 4.90 Å². The molecule has 1 heterocycles. The monoisotopic (exact) mass is 289 g/mol. The number of carboxylic acids is 1. The lowest BCUT2D eigenvalue weighted by Gasteiger charge is -2.20. The molecule has 5 heteroatoms. The number of hydrogen-bond donors (Lipinski definition) is 1. The summed E-state index contributed by atoms with van der Waals surface area (Å²) >= 11 is 0. The Morgan fingerprint density at radius 1 is 1.48 bits per heavy atom. The summed E-state index contributed by atoms with van der Waals surface area (Å²) in [6.07, 6.45) is 4.03. The zero-order chi connectivity index (χ0) is 15.2. The van der Waals surface area contributed by atoms with Crippen molar-refractivity contribution in [3.63, 3.8) is 0 Å². The predicted molar refractivity (Wildman–Crippen MR) is 78.6 cm³/mol. The Bertz CT molecular complexity index is 547. The highest BCUT2D eigenvalue weighted by Gasteiger charge is 2.26. The Morgan fingerprint density at radius 2 is 2.29 bits per heavy atom. The van der Waals surface area contributed by atoms with Crippen molar-refractivity contribution < 1.29 is 19.4 Å². The third-order valence-electron chi connectivity index (χ3n) is 3.37. The van der Waals surface area contributed by atoms with Gasteiger partial charge < -0.3 is 14.7 Å². The lowest BCUT2D eigenvalue weighted by molar-refractivity contribution is -0.140. The van der Waals surface area contributed by atoms with Crippen LogP contribution in [0, 0.1) is 0 Å². The number of likely N-dealkylation sites (N-methyl/N-ethyl adjacent to an activating group) is 1. The number of benzene rings is 1. The number of nitrogens with zero attached hydrogens (tertiary/aromatic N) is 1. The first kappa shape index (κ1) is 15.3. The standard InChI is InChI=1S/C16H19NO4/c1-17(16(20)14-6-3-9-21-14)11-13-5-2-4-12(10-13)7-8-15(18)19/h2,4-5,7-8,10,14H,3,6,9,11H2,1H3,(H,18,19). The molecule has 1 N–H and O–H groups in total. The summed E-state index contributed by atoms with van der Waals surface area (Å²) in [7, 11) is 1.75. The molecule has 1 saturated heterocycles. The van der Waals surface area contributed by atoms with Crippen LogP contribution in [0.5, 0.6) is 0 Å². The van der Waals surface area contributed by atoms with E-state index >= 15 is 0 Å². The first-order chi connectivity index (χ1) is 10.1. The van der Waals surface area contributed by atoms with Gasteiger partial charge in [-0.25, -0.2) is 4.79 Å². The number of carboxylic acid groups (broad SMARTS) is 1. The van der Waals surface area contributed by atoms with Crippen molar-refractivity contribution in [2.24, 2.45) is 0 Å². The first-order valence-electron chi connectivity index (χ1n) is 6.93. The van der Waals surface area contributed by atoms with Gasteiger partial charge >= 0.3 is 5.97 Å². The van der Waals surface area contributed by atoms with E-state index in [0.717, 1.165) is 30.0 Å². The van der Waals surface area contributed by atoms with Crippen LogP contribution in [0.3, 0.4) is 0 Å². The zero-order valence-electron chi connectivity index (χ0n) is 12.0. The molecule has 1 aliphatic heterocycles. The molecule has 2 rings (SSSR count). The molecule has 0 bridgehead atoms. The van der Waals surface area contributed by atoms with Gasteiger partial charge in [-0.05, 0) is 36.1 Å². The van der Waals surface area contributed by atoms with Gasteiger partial charge in [-0.1, -0.05) is 18.2 Å². The molecule has 0 radical (unpaired) electrons. The molecular weight excluding hydrogens is 270 g/mol. The minimum absolute atomic E-state index is 0.000943. The van der Waals surface area contributed by atoms with E-state index in [1.807, 2.05) is 24.3 Å². The van der Waals surface area contributed by atoms with Crippen molar-refractivity contribution in [2.75, 3.05) is 13.7 Å². The van der Waals surface area contributed by atoms with Gasteiger partial charge in [0.15, 0.2) is 0 Å². The lowest BCUT2D eigenvalue weighted by atomic mass is 10.1. The highest BCUT2D eigenvalue weighted by atomic mass is 16.5. The summed E-state index contributed by atoms with van der Waals surface area (Å²) in [5, 5.41) is 8.63. The van der Waals surface area contributed by atoms with Crippen LogP contribution in [0.25, 0.3) is 6.08 Å². The SMILES string of the molecule is CN(Cc1cccc(C=CC(=O)O)c1)C(=O)C1CCCO1. The molecule has 112 valence electrons. The molecular formula is C16H19NO4. The van der Waals surface area contributed by atoms with Gasteiger partial charge in [-0.3, -0.25) is 4.79 Å². The van der Waals surface area contributed by atoms with Gasteiger partial charge in [0.05, 0.1) is 0 Å².